The zero-order chi connectivity index (χ0) is 54.0. The van der Waals surface area contributed by atoms with Crippen LogP contribution in [0.2, 0.25) is 23.2 Å². The Kier molecular flexibility index (Phi) is 17.6. The van der Waals surface area contributed by atoms with Gasteiger partial charge in [0.15, 0.2) is 8.32 Å². The number of amides is 1. The first kappa shape index (κ1) is 57.0. The molecule has 2 aliphatic heterocycles. The third kappa shape index (κ3) is 12.8. The Balaban J connectivity index is 1.32. The number of aryl methyl sites for hydroxylation is 2. The SMILES string of the molecule is CC(=O)N(C)C[C@@H](OP(=S)(OC[C@H]1O[C@@H](n2cc(C)c(=O)[nH]c2=O)C[C@@H]1O[Si](C)(C)C(C)(C)C)O[C@H]1C[C@H](n2cc(C)c(=O)[nH]c2=O)O[C@@H]1CO[Si](c1ccccc1)(c1ccccc1)C(C)(C)C)c1ccccc1. The van der Waals surface area contributed by atoms with Crippen molar-refractivity contribution in [1.29, 1.82) is 0 Å². The molecule has 5 aromatic rings. The van der Waals surface area contributed by atoms with Gasteiger partial charge in [0.1, 0.15) is 30.8 Å². The van der Waals surface area contributed by atoms with Crippen molar-refractivity contribution in [3.8, 4) is 0 Å². The van der Waals surface area contributed by atoms with Gasteiger partial charge in [0, 0.05) is 50.3 Å². The molecule has 4 heterocycles. The number of aromatic amines is 2. The minimum absolute atomic E-state index is 0.0146. The van der Waals surface area contributed by atoms with Crippen molar-refractivity contribution in [3.05, 3.63) is 162 Å². The van der Waals surface area contributed by atoms with E-state index in [0.29, 0.717) is 16.7 Å². The van der Waals surface area contributed by atoms with Crippen LogP contribution in [0.15, 0.2) is 123 Å². The number of rotatable bonds is 19. The molecule has 3 aromatic carbocycles. The summed E-state index contributed by atoms with van der Waals surface area (Å²) in [6.45, 7) is 17.6. The van der Waals surface area contributed by atoms with Crippen molar-refractivity contribution < 1.29 is 36.7 Å². The number of nitrogens with one attached hydrogen (secondary N) is 2. The predicted molar refractivity (Wildman–Crippen MR) is 294 cm³/mol. The number of carbonyl (C=O) groups excluding carboxylic acids is 1. The Morgan fingerprint density at radius 1 is 0.743 bits per heavy atom. The monoisotopic (exact) mass is 1090 g/mol. The second kappa shape index (κ2) is 22.9. The maximum absolute atomic E-state index is 13.6. The molecule has 2 saturated heterocycles. The molecule has 2 aromatic heterocycles. The van der Waals surface area contributed by atoms with Crippen molar-refractivity contribution in [2.24, 2.45) is 0 Å². The van der Waals surface area contributed by atoms with Crippen LogP contribution >= 0.6 is 6.72 Å². The first-order valence-electron chi connectivity index (χ1n) is 25.0. The van der Waals surface area contributed by atoms with Gasteiger partial charge in [0.05, 0.1) is 32.0 Å². The number of carbonyl (C=O) groups is 1. The number of hydrogen-bond donors (Lipinski definition) is 2. The molecule has 2 fully saturated rings. The lowest BCUT2D eigenvalue weighted by Crippen LogP contribution is -2.67. The summed E-state index contributed by atoms with van der Waals surface area (Å²) in [5.41, 5.74) is -0.971. The van der Waals surface area contributed by atoms with Crippen LogP contribution in [-0.2, 0) is 48.5 Å². The minimum atomic E-state index is -4.07. The molecule has 17 nitrogen and oxygen atoms in total. The zero-order valence-electron chi connectivity index (χ0n) is 44.5. The van der Waals surface area contributed by atoms with Gasteiger partial charge in [-0.2, -0.15) is 0 Å². The topological polar surface area (TPSA) is 195 Å². The van der Waals surface area contributed by atoms with E-state index in [2.05, 4.69) is 88.9 Å². The summed E-state index contributed by atoms with van der Waals surface area (Å²) in [6, 6.07) is 29.7. The molecule has 0 bridgehead atoms. The second-order valence-electron chi connectivity index (χ2n) is 21.9. The number of hydrogen-bond acceptors (Lipinski definition) is 13. The largest absolute Gasteiger partial charge is 0.411 e. The summed E-state index contributed by atoms with van der Waals surface area (Å²) in [5, 5.41) is 1.47. The molecule has 0 aliphatic carbocycles. The van der Waals surface area contributed by atoms with E-state index in [9.17, 15) is 24.0 Å². The lowest BCUT2D eigenvalue weighted by Gasteiger charge is -2.43. The average molecular weight is 1090 g/mol. The van der Waals surface area contributed by atoms with Gasteiger partial charge >= 0.3 is 18.1 Å². The van der Waals surface area contributed by atoms with Crippen LogP contribution in [0.5, 0.6) is 0 Å². The molecule has 0 radical (unpaired) electrons. The lowest BCUT2D eigenvalue weighted by atomic mass is 10.1. The molecular formula is C53H72N5O12PSSi2. The lowest BCUT2D eigenvalue weighted by molar-refractivity contribution is -0.128. The fraction of sp³-hybridized carbons (Fsp3) is 0.491. The highest BCUT2D eigenvalue weighted by molar-refractivity contribution is 8.07. The van der Waals surface area contributed by atoms with E-state index in [1.165, 1.54) is 33.4 Å². The summed E-state index contributed by atoms with van der Waals surface area (Å²) >= 11 is 6.55. The van der Waals surface area contributed by atoms with Crippen LogP contribution in [0, 0.1) is 13.8 Å². The third-order valence-electron chi connectivity index (χ3n) is 14.5. The molecular weight excluding hydrogens is 1020 g/mol. The Morgan fingerprint density at radius 3 is 1.66 bits per heavy atom. The predicted octanol–water partition coefficient (Wildman–Crippen LogP) is 7.11. The normalized spacial score (nSPS) is 21.8. The Morgan fingerprint density at radius 2 is 1.20 bits per heavy atom. The van der Waals surface area contributed by atoms with Crippen molar-refractivity contribution >= 4 is 51.4 Å². The summed E-state index contributed by atoms with van der Waals surface area (Å²) in [7, 11) is -4.03. The highest BCUT2D eigenvalue weighted by atomic mass is 32.5. The molecule has 1 unspecified atom stereocenters. The second-order valence-corrected chi connectivity index (χ2v) is 33.8. The van der Waals surface area contributed by atoms with Crippen LogP contribution in [0.1, 0.15) is 96.6 Å². The van der Waals surface area contributed by atoms with Gasteiger partial charge in [-0.05, 0) is 64.8 Å². The van der Waals surface area contributed by atoms with E-state index >= 15 is 0 Å². The molecule has 7 rings (SSSR count). The van der Waals surface area contributed by atoms with E-state index in [1.54, 1.807) is 20.9 Å². The molecule has 8 atom stereocenters. The molecule has 0 spiro atoms. The highest BCUT2D eigenvalue weighted by Gasteiger charge is 2.53. The summed E-state index contributed by atoms with van der Waals surface area (Å²) in [6.07, 6.45) is -2.64. The smallest absolute Gasteiger partial charge is 0.330 e. The standard InChI is InChI=1S/C53H72N5O12PSSi2/c1-35-30-57(50(62)54-48(35)60)46-28-41(45(67-46)34-65-74(53(7,8)9,39-24-18-14-19-25-39)40-26-20-15-21-27-40)68-71(72,69-43(32-56(10)37(3)59)38-22-16-13-17-23-38)64-33-44-42(70-73(11,12)52(4,5)6)29-47(66-44)58-31-36(2)49(61)55-51(58)63/h13-27,30-31,41-47H,28-29,32-34H2,1-12H3,(H,54,60,62)(H,55,61,63)/t41-,42-,43+,44+,45+,46+,47+,71?/m0/s1. The van der Waals surface area contributed by atoms with Gasteiger partial charge < -0.3 is 32.3 Å². The number of benzene rings is 3. The third-order valence-corrected chi connectivity index (χ3v) is 26.3. The van der Waals surface area contributed by atoms with E-state index < -0.39 is 93.9 Å². The Hall–Kier alpha value is -4.71. The van der Waals surface area contributed by atoms with Gasteiger partial charge in [-0.15, -0.1) is 0 Å². The number of aromatic nitrogens is 4. The van der Waals surface area contributed by atoms with Crippen molar-refractivity contribution in [3.63, 3.8) is 0 Å². The number of nitrogens with zero attached hydrogens (tertiary/aromatic N) is 3. The Labute approximate surface area is 440 Å². The van der Waals surface area contributed by atoms with Crippen LogP contribution in [-0.4, -0.2) is 97.8 Å². The average Bonchev–Trinajstić information content (AvgIpc) is 3.93. The van der Waals surface area contributed by atoms with Crippen molar-refractivity contribution in [2.45, 2.75) is 141 Å². The van der Waals surface area contributed by atoms with E-state index in [4.69, 9.17) is 43.7 Å². The summed E-state index contributed by atoms with van der Waals surface area (Å²) < 4.78 is 51.7. The fourth-order valence-corrected chi connectivity index (χ4v) is 17.5. The molecule has 74 heavy (non-hydrogen) atoms. The maximum atomic E-state index is 13.6. The molecule has 21 heteroatoms. The van der Waals surface area contributed by atoms with Gasteiger partial charge in [-0.25, -0.2) is 9.59 Å². The zero-order valence-corrected chi connectivity index (χ0v) is 48.2. The van der Waals surface area contributed by atoms with E-state index in [0.717, 1.165) is 10.4 Å². The van der Waals surface area contributed by atoms with Gasteiger partial charge in [0.2, 0.25) is 5.91 Å². The van der Waals surface area contributed by atoms with Crippen molar-refractivity contribution in [1.82, 2.24) is 24.0 Å². The highest BCUT2D eigenvalue weighted by Crippen LogP contribution is 2.57. The van der Waals surface area contributed by atoms with E-state index in [1.807, 2.05) is 66.7 Å². The summed E-state index contributed by atoms with van der Waals surface area (Å²) in [5.74, 6) is -0.206. The molecule has 400 valence electrons. The number of H-pyrrole nitrogens is 2. The van der Waals surface area contributed by atoms with Gasteiger partial charge in [-0.1, -0.05) is 133 Å². The van der Waals surface area contributed by atoms with Gasteiger partial charge in [-0.3, -0.25) is 38.0 Å². The number of likely N-dealkylation sites (N-methyl/N-ethyl adjacent to an activating group) is 1. The minimum Gasteiger partial charge on any atom is -0.411 e. The van der Waals surface area contributed by atoms with Crippen LogP contribution in [0.3, 0.4) is 0 Å². The fourth-order valence-electron chi connectivity index (χ4n) is 9.22. The van der Waals surface area contributed by atoms with Crippen LogP contribution < -0.4 is 32.9 Å². The maximum Gasteiger partial charge on any atom is 0.330 e. The first-order chi connectivity index (χ1) is 34.7. The van der Waals surface area contributed by atoms with Gasteiger partial charge in [0.25, 0.3) is 19.4 Å². The quantitative estimate of drug-likeness (QED) is 0.0628. The first-order valence-corrected chi connectivity index (χ1v) is 32.3. The van der Waals surface area contributed by atoms with Crippen LogP contribution in [0.25, 0.3) is 0 Å². The van der Waals surface area contributed by atoms with E-state index in [-0.39, 0.29) is 43.5 Å². The van der Waals surface area contributed by atoms with Crippen LogP contribution in [0.4, 0.5) is 0 Å². The molecule has 2 N–H and O–H groups in total. The molecule has 0 saturated carbocycles. The van der Waals surface area contributed by atoms with Crippen molar-refractivity contribution in [2.75, 3.05) is 26.8 Å². The molecule has 1 amide bonds. The Bertz CT molecular complexity index is 2990. The summed E-state index contributed by atoms with van der Waals surface area (Å²) in [4.78, 5) is 71.2. The molecule has 2 aliphatic rings. The number of ether oxygens (including phenoxy) is 2.